The third kappa shape index (κ3) is 7.63. The van der Waals surface area contributed by atoms with Gasteiger partial charge in [0.25, 0.3) is 5.91 Å². The molecule has 1 aromatic rings. The minimum absolute atomic E-state index is 0.0369. The minimum Gasteiger partial charge on any atom is -0.465 e. The van der Waals surface area contributed by atoms with E-state index in [-0.39, 0.29) is 42.0 Å². The molecule has 1 saturated carbocycles. The lowest BCUT2D eigenvalue weighted by molar-refractivity contribution is -0.126. The summed E-state index contributed by atoms with van der Waals surface area (Å²) in [5, 5.41) is 13.1. The van der Waals surface area contributed by atoms with E-state index >= 15 is 0 Å². The lowest BCUT2D eigenvalue weighted by atomic mass is 9.87. The van der Waals surface area contributed by atoms with Crippen molar-refractivity contribution in [2.45, 2.75) is 71.8 Å². The molecule has 1 aliphatic heterocycles. The Balaban J connectivity index is 1.94. The van der Waals surface area contributed by atoms with Crippen LogP contribution in [0.5, 0.6) is 0 Å². The highest BCUT2D eigenvalue weighted by atomic mass is 16.5. The van der Waals surface area contributed by atoms with Crippen LogP contribution in [0.4, 0.5) is 10.6 Å². The van der Waals surface area contributed by atoms with Crippen LogP contribution in [0.3, 0.4) is 0 Å². The number of Topliss-reactive ketones (excluding diaryl/α,β-unsaturated/α-hetero) is 1. The van der Waals surface area contributed by atoms with Gasteiger partial charge in [0, 0.05) is 63.3 Å². The standard InChI is InChI=1S/C27H43N5O5/c1-17(2)14-32(20-12-19(22(33)18-8-9-18)15-31(16-20)26(35)36)24(34)21-13-29-25(27(3,4)5)30-23(21)28-10-7-11-37-6/h13,17-20H,7-12,14-16H2,1-6H3,(H,35,36)(H,28,29,30)/t19-,20+/m1/s1. The summed E-state index contributed by atoms with van der Waals surface area (Å²) in [5.74, 6) is 0.759. The van der Waals surface area contributed by atoms with E-state index in [9.17, 15) is 19.5 Å². The van der Waals surface area contributed by atoms with Gasteiger partial charge in [-0.1, -0.05) is 34.6 Å². The van der Waals surface area contributed by atoms with Gasteiger partial charge in [0.05, 0.1) is 6.04 Å². The molecule has 2 heterocycles. The molecule has 37 heavy (non-hydrogen) atoms. The highest BCUT2D eigenvalue weighted by Gasteiger charge is 2.43. The molecule has 0 unspecified atom stereocenters. The zero-order chi connectivity index (χ0) is 27.3. The van der Waals surface area contributed by atoms with Crippen LogP contribution in [0.1, 0.15) is 76.5 Å². The predicted molar refractivity (Wildman–Crippen MR) is 141 cm³/mol. The van der Waals surface area contributed by atoms with Crippen molar-refractivity contribution >= 4 is 23.6 Å². The second kappa shape index (κ2) is 12.2. The van der Waals surface area contributed by atoms with Crippen LogP contribution in [0, 0.1) is 17.8 Å². The highest BCUT2D eigenvalue weighted by Crippen LogP contribution is 2.36. The van der Waals surface area contributed by atoms with Gasteiger partial charge >= 0.3 is 6.09 Å². The Morgan fingerprint density at radius 1 is 1.22 bits per heavy atom. The summed E-state index contributed by atoms with van der Waals surface area (Å²) in [5.41, 5.74) is 0.0489. The third-order valence-electron chi connectivity index (χ3n) is 6.85. The molecule has 1 saturated heterocycles. The molecule has 2 aliphatic rings. The molecule has 2 atom stereocenters. The van der Waals surface area contributed by atoms with Crippen molar-refractivity contribution in [2.75, 3.05) is 45.2 Å². The fourth-order valence-electron chi connectivity index (χ4n) is 4.77. The first-order valence-corrected chi connectivity index (χ1v) is 13.3. The summed E-state index contributed by atoms with van der Waals surface area (Å²) in [4.78, 5) is 51.3. The van der Waals surface area contributed by atoms with Gasteiger partial charge in [-0.25, -0.2) is 14.8 Å². The van der Waals surface area contributed by atoms with Gasteiger partial charge in [-0.3, -0.25) is 9.59 Å². The zero-order valence-corrected chi connectivity index (χ0v) is 23.1. The number of carboxylic acid groups (broad SMARTS) is 1. The summed E-state index contributed by atoms with van der Waals surface area (Å²) >= 11 is 0. The SMILES string of the molecule is COCCCNc1nc(C(C)(C)C)ncc1C(=O)N(CC(C)C)[C@H]1C[C@@H](C(=O)C2CC2)CN(C(=O)O)C1. The van der Waals surface area contributed by atoms with Crippen LogP contribution in [-0.4, -0.2) is 88.6 Å². The number of hydrogen-bond donors (Lipinski definition) is 2. The fraction of sp³-hybridized carbons (Fsp3) is 0.741. The minimum atomic E-state index is -1.06. The van der Waals surface area contributed by atoms with Gasteiger partial charge in [-0.15, -0.1) is 0 Å². The van der Waals surface area contributed by atoms with Crippen LogP contribution < -0.4 is 5.32 Å². The number of nitrogens with zero attached hydrogens (tertiary/aromatic N) is 4. The number of aromatic nitrogens is 2. The summed E-state index contributed by atoms with van der Waals surface area (Å²) in [6, 6.07) is -0.406. The average molecular weight is 518 g/mol. The molecule has 2 amide bonds. The largest absolute Gasteiger partial charge is 0.465 e. The summed E-state index contributed by atoms with van der Waals surface area (Å²) in [7, 11) is 1.65. The van der Waals surface area contributed by atoms with E-state index in [2.05, 4.69) is 10.3 Å². The van der Waals surface area contributed by atoms with E-state index in [0.717, 1.165) is 19.3 Å². The van der Waals surface area contributed by atoms with Gasteiger partial charge in [-0.2, -0.15) is 0 Å². The molecule has 0 radical (unpaired) electrons. The number of methoxy groups -OCH3 is 1. The summed E-state index contributed by atoms with van der Waals surface area (Å²) in [6.45, 7) is 12.1. The van der Waals surface area contributed by atoms with E-state index < -0.39 is 18.1 Å². The third-order valence-corrected chi connectivity index (χ3v) is 6.85. The number of carbonyl (C=O) groups is 3. The monoisotopic (exact) mass is 517 g/mol. The smallest absolute Gasteiger partial charge is 0.407 e. The normalized spacial score (nSPS) is 20.1. The van der Waals surface area contributed by atoms with E-state index in [1.807, 2.05) is 34.6 Å². The molecular formula is C27H43N5O5. The quantitative estimate of drug-likeness (QED) is 0.426. The molecule has 10 nitrogen and oxygen atoms in total. The molecule has 2 N–H and O–H groups in total. The van der Waals surface area contributed by atoms with Gasteiger partial charge in [0.2, 0.25) is 0 Å². The number of ketones is 1. The Bertz CT molecular complexity index is 972. The number of piperidine rings is 1. The molecule has 0 spiro atoms. The second-order valence-electron chi connectivity index (χ2n) is 11.8. The number of anilines is 1. The molecule has 0 bridgehead atoms. The first kappa shape index (κ1) is 28.8. The van der Waals surface area contributed by atoms with Gasteiger partial charge in [0.1, 0.15) is 23.0 Å². The van der Waals surface area contributed by atoms with Crippen molar-refractivity contribution in [3.05, 3.63) is 17.6 Å². The molecule has 10 heteroatoms. The summed E-state index contributed by atoms with van der Waals surface area (Å²) < 4.78 is 5.15. The molecule has 2 fully saturated rings. The molecule has 0 aromatic carbocycles. The van der Waals surface area contributed by atoms with Crippen LogP contribution in [-0.2, 0) is 14.9 Å². The van der Waals surface area contributed by atoms with E-state index in [4.69, 9.17) is 9.72 Å². The van der Waals surface area contributed by atoms with Gasteiger partial charge in [0.15, 0.2) is 0 Å². The molecule has 1 aliphatic carbocycles. The maximum absolute atomic E-state index is 14.1. The van der Waals surface area contributed by atoms with Gasteiger partial charge in [-0.05, 0) is 31.6 Å². The maximum atomic E-state index is 14.1. The van der Waals surface area contributed by atoms with Crippen LogP contribution in [0.25, 0.3) is 0 Å². The van der Waals surface area contributed by atoms with Crippen molar-refractivity contribution < 1.29 is 24.2 Å². The predicted octanol–water partition coefficient (Wildman–Crippen LogP) is 3.67. The topological polar surface area (TPSA) is 125 Å². The van der Waals surface area contributed by atoms with Crippen molar-refractivity contribution in [3.63, 3.8) is 0 Å². The van der Waals surface area contributed by atoms with Crippen molar-refractivity contribution in [2.24, 2.45) is 17.8 Å². The van der Waals surface area contributed by atoms with Crippen molar-refractivity contribution in [3.8, 4) is 0 Å². The Labute approximate surface area is 220 Å². The Hall–Kier alpha value is -2.75. The number of ether oxygens (including phenoxy) is 1. The van der Waals surface area contributed by atoms with E-state index in [1.165, 1.54) is 4.90 Å². The maximum Gasteiger partial charge on any atom is 0.407 e. The fourth-order valence-corrected chi connectivity index (χ4v) is 4.77. The van der Waals surface area contributed by atoms with Crippen LogP contribution >= 0.6 is 0 Å². The number of rotatable bonds is 11. The van der Waals surface area contributed by atoms with E-state index in [0.29, 0.717) is 43.3 Å². The molecule has 206 valence electrons. The Kier molecular flexibility index (Phi) is 9.50. The Morgan fingerprint density at radius 3 is 2.49 bits per heavy atom. The van der Waals surface area contributed by atoms with Crippen molar-refractivity contribution in [1.82, 2.24) is 19.8 Å². The van der Waals surface area contributed by atoms with Crippen LogP contribution in [0.2, 0.25) is 0 Å². The molecule has 3 rings (SSSR count). The number of carbonyl (C=O) groups excluding carboxylic acids is 2. The lowest BCUT2D eigenvalue weighted by Gasteiger charge is -2.42. The first-order valence-electron chi connectivity index (χ1n) is 13.3. The highest BCUT2D eigenvalue weighted by molar-refractivity contribution is 5.99. The summed E-state index contributed by atoms with van der Waals surface area (Å²) in [6.07, 6.45) is 3.47. The number of likely N-dealkylation sites (tertiary alicyclic amines) is 1. The second-order valence-corrected chi connectivity index (χ2v) is 11.8. The van der Waals surface area contributed by atoms with Crippen LogP contribution in [0.15, 0.2) is 6.20 Å². The molecule has 1 aromatic heterocycles. The first-order chi connectivity index (χ1) is 17.4. The van der Waals surface area contributed by atoms with Gasteiger partial charge < -0.3 is 25.0 Å². The Morgan fingerprint density at radius 2 is 1.92 bits per heavy atom. The van der Waals surface area contributed by atoms with E-state index in [1.54, 1.807) is 18.2 Å². The lowest BCUT2D eigenvalue weighted by Crippen LogP contribution is -2.56. The average Bonchev–Trinajstić information content (AvgIpc) is 3.69. The molecular weight excluding hydrogens is 474 g/mol. The zero-order valence-electron chi connectivity index (χ0n) is 23.1. The number of nitrogens with one attached hydrogen (secondary N) is 1. The number of hydrogen-bond acceptors (Lipinski definition) is 7. The number of amides is 2. The van der Waals surface area contributed by atoms with Crippen molar-refractivity contribution in [1.29, 1.82) is 0 Å².